The first-order valence-electron chi connectivity index (χ1n) is 9.03. The average Bonchev–Trinajstić information content (AvgIpc) is 3.17. The van der Waals surface area contributed by atoms with E-state index in [1.807, 2.05) is 12.1 Å². The molecule has 3 amide bonds. The van der Waals surface area contributed by atoms with Gasteiger partial charge in [-0.25, -0.2) is 4.79 Å². The summed E-state index contributed by atoms with van der Waals surface area (Å²) in [5.41, 5.74) is 0.603. The maximum atomic E-state index is 12.4. The standard InChI is InChI=1S/C19H20N6O2S/c26-17(22-14-4-3-7-20-12-14)13-21-19(27)25-10-8-24(9-11-25)18-15-5-1-2-6-16(15)28-23-18/h1-7,12H,8-11,13H2,(H,21,27)(H,22,26). The minimum Gasteiger partial charge on any atom is -0.352 e. The van der Waals surface area contributed by atoms with E-state index >= 15 is 0 Å². The van der Waals surface area contributed by atoms with Gasteiger partial charge >= 0.3 is 6.03 Å². The Hall–Kier alpha value is -3.20. The van der Waals surface area contributed by atoms with Crippen molar-refractivity contribution in [1.29, 1.82) is 0 Å². The lowest BCUT2D eigenvalue weighted by atomic mass is 10.2. The second-order valence-corrected chi connectivity index (χ2v) is 7.23. The van der Waals surface area contributed by atoms with Gasteiger partial charge in [-0.2, -0.15) is 4.37 Å². The van der Waals surface area contributed by atoms with E-state index in [2.05, 4.69) is 37.0 Å². The third-order valence-corrected chi connectivity index (χ3v) is 5.39. The van der Waals surface area contributed by atoms with E-state index in [0.29, 0.717) is 31.9 Å². The molecule has 1 aromatic carbocycles. The molecule has 1 fully saturated rings. The molecule has 2 aromatic heterocycles. The highest BCUT2D eigenvalue weighted by molar-refractivity contribution is 7.13. The summed E-state index contributed by atoms with van der Waals surface area (Å²) in [6, 6.07) is 11.4. The predicted molar refractivity (Wildman–Crippen MR) is 110 cm³/mol. The van der Waals surface area contributed by atoms with Crippen molar-refractivity contribution in [3.63, 3.8) is 0 Å². The molecule has 0 spiro atoms. The Morgan fingerprint density at radius 1 is 1.07 bits per heavy atom. The van der Waals surface area contributed by atoms with Gasteiger partial charge in [-0.1, -0.05) is 12.1 Å². The van der Waals surface area contributed by atoms with Crippen molar-refractivity contribution in [1.82, 2.24) is 19.6 Å². The van der Waals surface area contributed by atoms with Gasteiger partial charge in [0.1, 0.15) is 5.82 Å². The van der Waals surface area contributed by atoms with E-state index < -0.39 is 0 Å². The normalized spacial score (nSPS) is 14.1. The first-order chi connectivity index (χ1) is 13.7. The van der Waals surface area contributed by atoms with E-state index in [4.69, 9.17) is 0 Å². The van der Waals surface area contributed by atoms with Crippen LogP contribution in [0.2, 0.25) is 0 Å². The van der Waals surface area contributed by atoms with Gasteiger partial charge in [0.25, 0.3) is 0 Å². The molecule has 3 heterocycles. The van der Waals surface area contributed by atoms with Crippen molar-refractivity contribution < 1.29 is 9.59 Å². The number of urea groups is 1. The summed E-state index contributed by atoms with van der Waals surface area (Å²) >= 11 is 1.49. The molecule has 8 nitrogen and oxygen atoms in total. The zero-order chi connectivity index (χ0) is 19.3. The van der Waals surface area contributed by atoms with Crippen LogP contribution in [0.5, 0.6) is 0 Å². The largest absolute Gasteiger partial charge is 0.352 e. The molecule has 144 valence electrons. The van der Waals surface area contributed by atoms with Crippen LogP contribution in [-0.2, 0) is 4.79 Å². The molecule has 1 saturated heterocycles. The fraction of sp³-hybridized carbons (Fsp3) is 0.263. The molecule has 0 bridgehead atoms. The molecule has 0 aliphatic carbocycles. The summed E-state index contributed by atoms with van der Waals surface area (Å²) in [5, 5.41) is 6.52. The highest BCUT2D eigenvalue weighted by atomic mass is 32.1. The Kier molecular flexibility index (Phi) is 5.34. The van der Waals surface area contributed by atoms with Gasteiger partial charge in [0.15, 0.2) is 0 Å². The monoisotopic (exact) mass is 396 g/mol. The average molecular weight is 396 g/mol. The lowest BCUT2D eigenvalue weighted by molar-refractivity contribution is -0.115. The van der Waals surface area contributed by atoms with Crippen molar-refractivity contribution in [2.75, 3.05) is 42.9 Å². The summed E-state index contributed by atoms with van der Waals surface area (Å²) in [4.78, 5) is 32.2. The maximum absolute atomic E-state index is 12.4. The maximum Gasteiger partial charge on any atom is 0.317 e. The molecular formula is C19H20N6O2S. The molecule has 0 atom stereocenters. The Morgan fingerprint density at radius 3 is 2.68 bits per heavy atom. The SMILES string of the molecule is O=C(CNC(=O)N1CCN(c2nsc3ccccc23)CC1)Nc1cccnc1. The van der Waals surface area contributed by atoms with E-state index in [1.165, 1.54) is 11.5 Å². The molecule has 4 rings (SSSR count). The Balaban J connectivity index is 1.26. The Bertz CT molecular complexity index is 969. The zero-order valence-corrected chi connectivity index (χ0v) is 16.0. The van der Waals surface area contributed by atoms with Crippen molar-refractivity contribution in [2.24, 2.45) is 0 Å². The molecule has 28 heavy (non-hydrogen) atoms. The quantitative estimate of drug-likeness (QED) is 0.705. The van der Waals surface area contributed by atoms with Crippen LogP contribution in [0.1, 0.15) is 0 Å². The van der Waals surface area contributed by atoms with E-state index in [1.54, 1.807) is 29.4 Å². The lowest BCUT2D eigenvalue weighted by Gasteiger charge is -2.35. The summed E-state index contributed by atoms with van der Waals surface area (Å²) in [6.07, 6.45) is 3.19. The van der Waals surface area contributed by atoms with Gasteiger partial charge in [0.2, 0.25) is 5.91 Å². The third-order valence-electron chi connectivity index (χ3n) is 4.57. The van der Waals surface area contributed by atoms with Gasteiger partial charge in [-0.05, 0) is 35.8 Å². The summed E-state index contributed by atoms with van der Waals surface area (Å²) in [6.45, 7) is 2.51. The first-order valence-corrected chi connectivity index (χ1v) is 9.80. The van der Waals surface area contributed by atoms with Crippen LogP contribution in [-0.4, -0.2) is 58.9 Å². The molecule has 1 aliphatic heterocycles. The number of anilines is 2. The molecule has 3 aromatic rings. The highest BCUT2D eigenvalue weighted by Crippen LogP contribution is 2.29. The minimum absolute atomic E-state index is 0.0787. The van der Waals surface area contributed by atoms with Crippen molar-refractivity contribution >= 4 is 45.1 Å². The fourth-order valence-electron chi connectivity index (χ4n) is 3.13. The molecule has 0 radical (unpaired) electrons. The number of aromatic nitrogens is 2. The van der Waals surface area contributed by atoms with Crippen LogP contribution in [0, 0.1) is 0 Å². The number of amides is 3. The Morgan fingerprint density at radius 2 is 1.89 bits per heavy atom. The number of carbonyl (C=O) groups excluding carboxylic acids is 2. The van der Waals surface area contributed by atoms with Crippen LogP contribution >= 0.6 is 11.5 Å². The molecule has 1 aliphatic rings. The summed E-state index contributed by atoms with van der Waals surface area (Å²) in [5.74, 6) is 0.699. The fourth-order valence-corrected chi connectivity index (χ4v) is 3.93. The molecule has 0 saturated carbocycles. The van der Waals surface area contributed by atoms with Crippen LogP contribution < -0.4 is 15.5 Å². The number of hydrogen-bond acceptors (Lipinski definition) is 6. The van der Waals surface area contributed by atoms with Crippen molar-refractivity contribution in [3.8, 4) is 0 Å². The molecule has 9 heteroatoms. The van der Waals surface area contributed by atoms with Crippen LogP contribution in [0.25, 0.3) is 10.1 Å². The van der Waals surface area contributed by atoms with Crippen LogP contribution in [0.3, 0.4) is 0 Å². The second-order valence-electron chi connectivity index (χ2n) is 6.43. The van der Waals surface area contributed by atoms with Gasteiger partial charge in [-0.3, -0.25) is 9.78 Å². The number of nitrogens with zero attached hydrogens (tertiary/aromatic N) is 4. The first kappa shape index (κ1) is 18.2. The van der Waals surface area contributed by atoms with E-state index in [-0.39, 0.29) is 18.5 Å². The third kappa shape index (κ3) is 4.04. The van der Waals surface area contributed by atoms with Crippen molar-refractivity contribution in [2.45, 2.75) is 0 Å². The second kappa shape index (κ2) is 8.22. The van der Waals surface area contributed by atoms with Crippen molar-refractivity contribution in [3.05, 3.63) is 48.8 Å². The highest BCUT2D eigenvalue weighted by Gasteiger charge is 2.23. The van der Waals surface area contributed by atoms with E-state index in [9.17, 15) is 9.59 Å². The topological polar surface area (TPSA) is 90.5 Å². The number of hydrogen-bond donors (Lipinski definition) is 2. The number of nitrogens with one attached hydrogen (secondary N) is 2. The lowest BCUT2D eigenvalue weighted by Crippen LogP contribution is -2.52. The number of rotatable bonds is 4. The number of benzene rings is 1. The summed E-state index contributed by atoms with van der Waals surface area (Å²) in [7, 11) is 0. The predicted octanol–water partition coefficient (Wildman–Crippen LogP) is 2.16. The van der Waals surface area contributed by atoms with Crippen LogP contribution in [0.15, 0.2) is 48.8 Å². The number of pyridine rings is 1. The summed E-state index contributed by atoms with van der Waals surface area (Å²) < 4.78 is 5.74. The van der Waals surface area contributed by atoms with E-state index in [0.717, 1.165) is 15.9 Å². The zero-order valence-electron chi connectivity index (χ0n) is 15.2. The van der Waals surface area contributed by atoms with Gasteiger partial charge in [0.05, 0.1) is 23.1 Å². The van der Waals surface area contributed by atoms with Gasteiger partial charge in [0, 0.05) is 37.8 Å². The minimum atomic E-state index is -0.283. The number of fused-ring (bicyclic) bond motifs is 1. The van der Waals surface area contributed by atoms with Gasteiger partial charge in [-0.15, -0.1) is 0 Å². The molecule has 0 unspecified atom stereocenters. The molecular weight excluding hydrogens is 376 g/mol. The van der Waals surface area contributed by atoms with Crippen LogP contribution in [0.4, 0.5) is 16.3 Å². The smallest absolute Gasteiger partial charge is 0.317 e. The van der Waals surface area contributed by atoms with Gasteiger partial charge < -0.3 is 20.4 Å². The molecule has 2 N–H and O–H groups in total. The Labute approximate surface area is 166 Å². The number of piperazine rings is 1. The number of carbonyl (C=O) groups is 2.